The lowest BCUT2D eigenvalue weighted by molar-refractivity contribution is 0.0695. The number of carbonyl (C=O) groups is 1. The lowest BCUT2D eigenvalue weighted by atomic mass is 9.94. The summed E-state index contributed by atoms with van der Waals surface area (Å²) in [4.78, 5) is 23.9. The first-order valence-corrected chi connectivity index (χ1v) is 8.20. The topological polar surface area (TPSA) is 71.3 Å². The van der Waals surface area contributed by atoms with Crippen molar-refractivity contribution in [3.8, 4) is 0 Å². The van der Waals surface area contributed by atoms with E-state index in [-0.39, 0.29) is 22.5 Å². The predicted molar refractivity (Wildman–Crippen MR) is 88.1 cm³/mol. The molecule has 126 valence electrons. The van der Waals surface area contributed by atoms with Gasteiger partial charge >= 0.3 is 5.97 Å². The Morgan fingerprint density at radius 1 is 1.42 bits per heavy atom. The summed E-state index contributed by atoms with van der Waals surface area (Å²) in [5, 5.41) is 12.7. The Balaban J connectivity index is 2.12. The zero-order valence-corrected chi connectivity index (χ0v) is 13.6. The monoisotopic (exact) mass is 330 g/mol. The van der Waals surface area contributed by atoms with Gasteiger partial charge in [-0.1, -0.05) is 0 Å². The Morgan fingerprint density at radius 2 is 2.08 bits per heavy atom. The molecule has 0 saturated heterocycles. The molecule has 0 radical (unpaired) electrons. The number of carboxylic acid groups (broad SMARTS) is 1. The van der Waals surface area contributed by atoms with E-state index in [1.54, 1.807) is 0 Å². The van der Waals surface area contributed by atoms with Gasteiger partial charge in [-0.05, 0) is 51.3 Å². The third-order valence-corrected chi connectivity index (χ3v) is 5.39. The lowest BCUT2D eigenvalue weighted by Crippen LogP contribution is -2.28. The van der Waals surface area contributed by atoms with E-state index in [0.29, 0.717) is 11.1 Å². The molecule has 2 fully saturated rings. The number of hydrogen-bond acceptors (Lipinski definition) is 3. The molecule has 0 amide bonds. The number of fused-ring (bicyclic) bond motifs is 1. The average molecular weight is 330 g/mol. The van der Waals surface area contributed by atoms with Crippen LogP contribution in [0.3, 0.4) is 0 Å². The van der Waals surface area contributed by atoms with Crippen LogP contribution < -0.4 is 10.7 Å². The molecule has 2 saturated carbocycles. The van der Waals surface area contributed by atoms with Crippen LogP contribution in [0.15, 0.2) is 17.1 Å². The second-order valence-corrected chi connectivity index (χ2v) is 6.90. The Morgan fingerprint density at radius 3 is 2.58 bits per heavy atom. The summed E-state index contributed by atoms with van der Waals surface area (Å²) in [6, 6.07) is 1.41. The number of carboxylic acids is 1. The zero-order valence-electron chi connectivity index (χ0n) is 13.6. The van der Waals surface area contributed by atoms with Gasteiger partial charge in [-0.3, -0.25) is 4.79 Å². The predicted octanol–water partition coefficient (Wildman–Crippen LogP) is 2.69. The summed E-state index contributed by atoms with van der Waals surface area (Å²) in [7, 11) is 1.82. The molecule has 0 atom stereocenters. The van der Waals surface area contributed by atoms with E-state index >= 15 is 0 Å². The van der Waals surface area contributed by atoms with Crippen LogP contribution in [0, 0.1) is 12.7 Å². The SMILES string of the molecule is CNC1(c2c(F)cc3c(=O)c(C(=O)O)cn(C4CC4)c3c2C)CC1. The van der Waals surface area contributed by atoms with E-state index < -0.39 is 17.2 Å². The van der Waals surface area contributed by atoms with Gasteiger partial charge in [0.25, 0.3) is 0 Å². The van der Waals surface area contributed by atoms with Gasteiger partial charge in [0.15, 0.2) is 0 Å². The van der Waals surface area contributed by atoms with Gasteiger partial charge in [0.2, 0.25) is 5.43 Å². The van der Waals surface area contributed by atoms with E-state index in [9.17, 15) is 19.1 Å². The number of halogens is 1. The molecular weight excluding hydrogens is 311 g/mol. The largest absolute Gasteiger partial charge is 0.477 e. The maximum absolute atomic E-state index is 14.8. The molecule has 2 aliphatic rings. The number of rotatable bonds is 4. The molecule has 1 aromatic heterocycles. The van der Waals surface area contributed by atoms with Crippen LogP contribution in [0.25, 0.3) is 10.9 Å². The Hall–Kier alpha value is -2.21. The first-order valence-electron chi connectivity index (χ1n) is 8.20. The number of aromatic carboxylic acids is 1. The first kappa shape index (κ1) is 15.3. The second kappa shape index (κ2) is 4.89. The molecule has 0 aliphatic heterocycles. The van der Waals surface area contributed by atoms with Crippen LogP contribution in [0.4, 0.5) is 4.39 Å². The van der Waals surface area contributed by atoms with Crippen molar-refractivity contribution >= 4 is 16.9 Å². The number of aryl methyl sites for hydroxylation is 1. The fourth-order valence-corrected chi connectivity index (χ4v) is 3.81. The summed E-state index contributed by atoms with van der Waals surface area (Å²) in [5.41, 5.74) is 0.740. The molecule has 0 unspecified atom stereocenters. The number of aromatic nitrogens is 1. The van der Waals surface area contributed by atoms with Crippen LogP contribution in [0.1, 0.15) is 53.2 Å². The summed E-state index contributed by atoms with van der Waals surface area (Å²) in [5.74, 6) is -1.71. The molecule has 2 aliphatic carbocycles. The van der Waals surface area contributed by atoms with Gasteiger partial charge in [-0.25, -0.2) is 9.18 Å². The fraction of sp³-hybridized carbons (Fsp3) is 0.444. The van der Waals surface area contributed by atoms with Crippen LogP contribution in [-0.2, 0) is 5.54 Å². The summed E-state index contributed by atoms with van der Waals surface area (Å²) >= 11 is 0. The highest BCUT2D eigenvalue weighted by molar-refractivity contribution is 5.94. The van der Waals surface area contributed by atoms with Crippen molar-refractivity contribution in [1.29, 1.82) is 0 Å². The maximum atomic E-state index is 14.8. The third kappa shape index (κ3) is 2.02. The molecular formula is C18H19FN2O3. The molecule has 0 bridgehead atoms. The van der Waals surface area contributed by atoms with Crippen molar-refractivity contribution in [3.63, 3.8) is 0 Å². The van der Waals surface area contributed by atoms with E-state index in [1.165, 1.54) is 12.3 Å². The van der Waals surface area contributed by atoms with Gasteiger partial charge in [0, 0.05) is 28.7 Å². The summed E-state index contributed by atoms with van der Waals surface area (Å²) < 4.78 is 16.7. The van der Waals surface area contributed by atoms with E-state index in [1.807, 2.05) is 18.5 Å². The zero-order chi connectivity index (χ0) is 17.2. The van der Waals surface area contributed by atoms with Crippen LogP contribution >= 0.6 is 0 Å². The van der Waals surface area contributed by atoms with Crippen molar-refractivity contribution < 1.29 is 14.3 Å². The Kier molecular flexibility index (Phi) is 3.12. The average Bonchev–Trinajstić information content (AvgIpc) is 3.42. The molecule has 4 rings (SSSR count). The molecule has 24 heavy (non-hydrogen) atoms. The lowest BCUT2D eigenvalue weighted by Gasteiger charge is -2.22. The standard InChI is InChI=1S/C18H19FN2O3/c1-9-14(18(20-2)5-6-18)13(19)7-11-15(9)21(10-3-4-10)8-12(16(11)22)17(23)24/h7-8,10,20H,3-6H2,1-2H3,(H,23,24). The minimum absolute atomic E-state index is 0.160. The van der Waals surface area contributed by atoms with Crippen LogP contribution in [0.5, 0.6) is 0 Å². The molecule has 0 spiro atoms. The minimum atomic E-state index is -1.27. The van der Waals surface area contributed by atoms with Gasteiger partial charge in [-0.2, -0.15) is 0 Å². The first-order chi connectivity index (χ1) is 11.4. The van der Waals surface area contributed by atoms with Crippen LogP contribution in [0.2, 0.25) is 0 Å². The molecule has 2 N–H and O–H groups in total. The number of pyridine rings is 1. The van der Waals surface area contributed by atoms with Gasteiger partial charge in [-0.15, -0.1) is 0 Å². The minimum Gasteiger partial charge on any atom is -0.477 e. The Bertz CT molecular complexity index is 940. The number of hydrogen-bond donors (Lipinski definition) is 2. The van der Waals surface area contributed by atoms with Crippen molar-refractivity contribution in [2.75, 3.05) is 7.05 Å². The number of benzene rings is 1. The molecule has 1 aromatic carbocycles. The van der Waals surface area contributed by atoms with E-state index in [4.69, 9.17) is 0 Å². The highest BCUT2D eigenvalue weighted by atomic mass is 19.1. The van der Waals surface area contributed by atoms with Crippen molar-refractivity contribution in [2.45, 2.75) is 44.2 Å². The van der Waals surface area contributed by atoms with Gasteiger partial charge in [0.05, 0.1) is 5.52 Å². The van der Waals surface area contributed by atoms with Crippen molar-refractivity contribution in [1.82, 2.24) is 9.88 Å². The quantitative estimate of drug-likeness (QED) is 0.904. The number of nitrogens with one attached hydrogen (secondary N) is 1. The smallest absolute Gasteiger partial charge is 0.341 e. The second-order valence-electron chi connectivity index (χ2n) is 6.90. The highest BCUT2D eigenvalue weighted by Gasteiger charge is 2.46. The Labute approximate surface area is 138 Å². The normalized spacial score (nSPS) is 18.8. The third-order valence-electron chi connectivity index (χ3n) is 5.39. The van der Waals surface area contributed by atoms with Gasteiger partial charge in [0.1, 0.15) is 11.4 Å². The fourth-order valence-electron chi connectivity index (χ4n) is 3.81. The van der Waals surface area contributed by atoms with E-state index in [0.717, 1.165) is 31.2 Å². The molecule has 6 heteroatoms. The molecule has 1 heterocycles. The van der Waals surface area contributed by atoms with Crippen LogP contribution in [-0.4, -0.2) is 22.7 Å². The summed E-state index contributed by atoms with van der Waals surface area (Å²) in [6.45, 7) is 1.83. The maximum Gasteiger partial charge on any atom is 0.341 e. The van der Waals surface area contributed by atoms with Crippen molar-refractivity contribution in [3.05, 3.63) is 45.0 Å². The van der Waals surface area contributed by atoms with Crippen molar-refractivity contribution in [2.24, 2.45) is 0 Å². The summed E-state index contributed by atoms with van der Waals surface area (Å²) in [6.07, 6.45) is 5.03. The van der Waals surface area contributed by atoms with Gasteiger partial charge < -0.3 is 15.0 Å². The molecule has 2 aromatic rings. The number of nitrogens with zero attached hydrogens (tertiary/aromatic N) is 1. The highest BCUT2D eigenvalue weighted by Crippen LogP contribution is 2.49. The molecule has 5 nitrogen and oxygen atoms in total. The van der Waals surface area contributed by atoms with E-state index in [2.05, 4.69) is 5.32 Å².